The van der Waals surface area contributed by atoms with Crippen LogP contribution in [-0.4, -0.2) is 14.8 Å². The van der Waals surface area contributed by atoms with Crippen LogP contribution in [-0.2, 0) is 19.6 Å². The molecule has 0 spiro atoms. The van der Waals surface area contributed by atoms with Gasteiger partial charge in [-0.3, -0.25) is 4.68 Å². The van der Waals surface area contributed by atoms with Crippen molar-refractivity contribution in [1.82, 2.24) is 14.8 Å². The summed E-state index contributed by atoms with van der Waals surface area (Å²) < 4.78 is 20.1. The zero-order valence-electron chi connectivity index (χ0n) is 10.6. The Bertz CT molecular complexity index is 507. The Hall–Kier alpha value is -1.91. The van der Waals surface area contributed by atoms with E-state index in [-0.39, 0.29) is 0 Å². The Balaban J connectivity index is 2.05. The van der Waals surface area contributed by atoms with Gasteiger partial charge in [-0.15, -0.1) is 0 Å². The van der Waals surface area contributed by atoms with E-state index < -0.39 is 5.95 Å². The van der Waals surface area contributed by atoms with Crippen molar-refractivity contribution in [3.63, 3.8) is 0 Å². The fourth-order valence-corrected chi connectivity index (χ4v) is 1.68. The molecule has 0 aliphatic carbocycles. The molecule has 4 nitrogen and oxygen atoms in total. The summed E-state index contributed by atoms with van der Waals surface area (Å²) in [4.78, 5) is 3.54. The van der Waals surface area contributed by atoms with Gasteiger partial charge in [0.2, 0.25) is 5.95 Å². The summed E-state index contributed by atoms with van der Waals surface area (Å²) in [6.07, 6.45) is 2.28. The summed E-state index contributed by atoms with van der Waals surface area (Å²) in [5.74, 6) is 0.0486. The van der Waals surface area contributed by atoms with E-state index in [1.54, 1.807) is 6.07 Å². The van der Waals surface area contributed by atoms with Crippen LogP contribution < -0.4 is 4.74 Å². The zero-order chi connectivity index (χ0) is 13.0. The zero-order valence-corrected chi connectivity index (χ0v) is 10.6. The van der Waals surface area contributed by atoms with E-state index in [0.29, 0.717) is 12.4 Å². The SMILES string of the molecule is CCc1cc(COc2ccc(F)nc2)n(CC)n1. The first-order valence-electron chi connectivity index (χ1n) is 6.03. The number of aromatic nitrogens is 3. The van der Waals surface area contributed by atoms with Crippen LogP contribution in [0.25, 0.3) is 0 Å². The number of halogens is 1. The van der Waals surface area contributed by atoms with Crippen molar-refractivity contribution in [2.24, 2.45) is 0 Å². The molecule has 2 aromatic rings. The highest BCUT2D eigenvalue weighted by Crippen LogP contribution is 2.12. The lowest BCUT2D eigenvalue weighted by Gasteiger charge is -2.06. The topological polar surface area (TPSA) is 39.9 Å². The third kappa shape index (κ3) is 2.85. The van der Waals surface area contributed by atoms with Gasteiger partial charge in [0, 0.05) is 6.54 Å². The standard InChI is InChI=1S/C13H16FN3O/c1-3-10-7-11(17(4-2)16-10)9-18-12-5-6-13(14)15-8-12/h5-8H,3-4,9H2,1-2H3. The second kappa shape index (κ2) is 5.62. The molecule has 0 aromatic carbocycles. The summed E-state index contributed by atoms with van der Waals surface area (Å²) in [7, 11) is 0. The second-order valence-electron chi connectivity index (χ2n) is 3.90. The maximum atomic E-state index is 12.6. The normalized spacial score (nSPS) is 10.6. The van der Waals surface area contributed by atoms with Crippen molar-refractivity contribution in [1.29, 1.82) is 0 Å². The van der Waals surface area contributed by atoms with E-state index in [9.17, 15) is 4.39 Å². The van der Waals surface area contributed by atoms with Crippen LogP contribution in [0.4, 0.5) is 4.39 Å². The van der Waals surface area contributed by atoms with Gasteiger partial charge in [0.25, 0.3) is 0 Å². The second-order valence-corrected chi connectivity index (χ2v) is 3.90. The van der Waals surface area contributed by atoms with E-state index >= 15 is 0 Å². The Morgan fingerprint density at radius 3 is 2.78 bits per heavy atom. The minimum absolute atomic E-state index is 0.411. The van der Waals surface area contributed by atoms with Crippen molar-refractivity contribution < 1.29 is 9.13 Å². The molecule has 0 fully saturated rings. The van der Waals surface area contributed by atoms with Gasteiger partial charge in [0.05, 0.1) is 17.6 Å². The number of nitrogens with zero attached hydrogens (tertiary/aromatic N) is 3. The van der Waals surface area contributed by atoms with Crippen molar-refractivity contribution >= 4 is 0 Å². The lowest BCUT2D eigenvalue weighted by molar-refractivity contribution is 0.290. The van der Waals surface area contributed by atoms with Gasteiger partial charge in [-0.1, -0.05) is 6.92 Å². The van der Waals surface area contributed by atoms with Crippen LogP contribution in [0.15, 0.2) is 24.4 Å². The smallest absolute Gasteiger partial charge is 0.213 e. The van der Waals surface area contributed by atoms with Crippen molar-refractivity contribution in [3.05, 3.63) is 41.7 Å². The number of aryl methyl sites for hydroxylation is 2. The van der Waals surface area contributed by atoms with Gasteiger partial charge in [0.15, 0.2) is 0 Å². The lowest BCUT2D eigenvalue weighted by atomic mass is 10.3. The van der Waals surface area contributed by atoms with Gasteiger partial charge in [-0.25, -0.2) is 4.98 Å². The first-order chi connectivity index (χ1) is 8.72. The molecule has 0 aliphatic rings. The molecule has 0 N–H and O–H groups in total. The van der Waals surface area contributed by atoms with E-state index in [0.717, 1.165) is 24.4 Å². The van der Waals surface area contributed by atoms with Crippen molar-refractivity contribution in [3.8, 4) is 5.75 Å². The molecule has 2 aromatic heterocycles. The van der Waals surface area contributed by atoms with E-state index in [4.69, 9.17) is 4.74 Å². The Morgan fingerprint density at radius 1 is 1.33 bits per heavy atom. The van der Waals surface area contributed by atoms with E-state index in [1.807, 2.05) is 17.7 Å². The number of pyridine rings is 1. The molecule has 0 saturated carbocycles. The van der Waals surface area contributed by atoms with Crippen LogP contribution in [0.1, 0.15) is 25.2 Å². The lowest BCUT2D eigenvalue weighted by Crippen LogP contribution is -2.06. The number of rotatable bonds is 5. The minimum Gasteiger partial charge on any atom is -0.486 e. The largest absolute Gasteiger partial charge is 0.486 e. The first-order valence-corrected chi connectivity index (χ1v) is 6.03. The highest BCUT2D eigenvalue weighted by Gasteiger charge is 2.06. The first kappa shape index (κ1) is 12.5. The van der Waals surface area contributed by atoms with Crippen LogP contribution >= 0.6 is 0 Å². The monoisotopic (exact) mass is 249 g/mol. The molecule has 5 heteroatoms. The van der Waals surface area contributed by atoms with Crippen LogP contribution in [0.5, 0.6) is 5.75 Å². The molecule has 96 valence electrons. The van der Waals surface area contributed by atoms with Crippen LogP contribution in [0.2, 0.25) is 0 Å². The maximum Gasteiger partial charge on any atom is 0.213 e. The summed E-state index contributed by atoms with van der Waals surface area (Å²) in [6.45, 7) is 5.32. The molecule has 0 aliphatic heterocycles. The molecule has 0 saturated heterocycles. The predicted octanol–water partition coefficient (Wildman–Crippen LogP) is 2.58. The van der Waals surface area contributed by atoms with Crippen molar-refractivity contribution in [2.75, 3.05) is 0 Å². The highest BCUT2D eigenvalue weighted by molar-refractivity contribution is 5.17. The highest BCUT2D eigenvalue weighted by atomic mass is 19.1. The molecule has 0 unspecified atom stereocenters. The number of hydrogen-bond acceptors (Lipinski definition) is 3. The van der Waals surface area contributed by atoms with Crippen LogP contribution in [0.3, 0.4) is 0 Å². The minimum atomic E-state index is -0.505. The average molecular weight is 249 g/mol. The fourth-order valence-electron chi connectivity index (χ4n) is 1.68. The van der Waals surface area contributed by atoms with E-state index in [2.05, 4.69) is 17.0 Å². The van der Waals surface area contributed by atoms with Gasteiger partial charge >= 0.3 is 0 Å². The molecular weight excluding hydrogens is 233 g/mol. The van der Waals surface area contributed by atoms with Gasteiger partial charge < -0.3 is 4.74 Å². The quantitative estimate of drug-likeness (QED) is 0.765. The van der Waals surface area contributed by atoms with Crippen LogP contribution in [0, 0.1) is 5.95 Å². The van der Waals surface area contributed by atoms with Crippen molar-refractivity contribution in [2.45, 2.75) is 33.4 Å². The average Bonchev–Trinajstić information content (AvgIpc) is 2.80. The van der Waals surface area contributed by atoms with E-state index in [1.165, 1.54) is 12.3 Å². The molecule has 0 radical (unpaired) electrons. The number of ether oxygens (including phenoxy) is 1. The maximum absolute atomic E-state index is 12.6. The van der Waals surface area contributed by atoms with Gasteiger partial charge in [0.1, 0.15) is 12.4 Å². The summed E-state index contributed by atoms with van der Waals surface area (Å²) in [6, 6.07) is 4.88. The third-order valence-electron chi connectivity index (χ3n) is 2.66. The predicted molar refractivity (Wildman–Crippen MR) is 65.8 cm³/mol. The molecule has 18 heavy (non-hydrogen) atoms. The Kier molecular flexibility index (Phi) is 3.92. The Labute approximate surface area is 105 Å². The summed E-state index contributed by atoms with van der Waals surface area (Å²) in [5.41, 5.74) is 2.06. The fraction of sp³-hybridized carbons (Fsp3) is 0.385. The van der Waals surface area contributed by atoms with Gasteiger partial charge in [-0.2, -0.15) is 9.49 Å². The molecule has 0 atom stereocenters. The molecule has 2 heterocycles. The Morgan fingerprint density at radius 2 is 2.17 bits per heavy atom. The molecule has 2 rings (SSSR count). The summed E-state index contributed by atoms with van der Waals surface area (Å²) >= 11 is 0. The summed E-state index contributed by atoms with van der Waals surface area (Å²) in [5, 5.41) is 4.43. The molecule has 0 bridgehead atoms. The molecular formula is C13H16FN3O. The number of hydrogen-bond donors (Lipinski definition) is 0. The van der Waals surface area contributed by atoms with Gasteiger partial charge in [-0.05, 0) is 31.5 Å². The molecule has 0 amide bonds. The third-order valence-corrected chi connectivity index (χ3v) is 2.66.